The van der Waals surface area contributed by atoms with E-state index in [1.165, 1.54) is 25.6 Å². The SMILES string of the molecule is Clc1ccc(-n2c3cc(=NC4CCCCC4)c(Nc4cncnc4)cc-3nc3ccccc32)cc1. The summed E-state index contributed by atoms with van der Waals surface area (Å²) in [6, 6.07) is 20.7. The van der Waals surface area contributed by atoms with Gasteiger partial charge in [-0.25, -0.2) is 15.0 Å². The summed E-state index contributed by atoms with van der Waals surface area (Å²) in [5.41, 5.74) is 6.57. The van der Waals surface area contributed by atoms with E-state index >= 15 is 0 Å². The van der Waals surface area contributed by atoms with E-state index < -0.39 is 0 Å². The summed E-state index contributed by atoms with van der Waals surface area (Å²) in [5, 5.41) is 5.12. The van der Waals surface area contributed by atoms with Crippen molar-refractivity contribution in [2.24, 2.45) is 4.99 Å². The summed E-state index contributed by atoms with van der Waals surface area (Å²) in [5.74, 6) is 0. The molecule has 1 fully saturated rings. The molecule has 174 valence electrons. The molecule has 1 aromatic heterocycles. The van der Waals surface area contributed by atoms with Gasteiger partial charge < -0.3 is 9.88 Å². The fourth-order valence-electron chi connectivity index (χ4n) is 4.84. The van der Waals surface area contributed by atoms with Crippen molar-refractivity contribution < 1.29 is 0 Å². The summed E-state index contributed by atoms with van der Waals surface area (Å²) in [4.78, 5) is 18.6. The second-order valence-electron chi connectivity index (χ2n) is 8.94. The van der Waals surface area contributed by atoms with Gasteiger partial charge in [0.2, 0.25) is 0 Å². The van der Waals surface area contributed by atoms with Crippen LogP contribution in [0.15, 0.2) is 84.4 Å². The van der Waals surface area contributed by atoms with E-state index in [0.717, 1.165) is 57.7 Å². The number of fused-ring (bicyclic) bond motifs is 2. The Morgan fingerprint density at radius 3 is 2.49 bits per heavy atom. The van der Waals surface area contributed by atoms with Crippen molar-refractivity contribution in [1.29, 1.82) is 0 Å². The highest BCUT2D eigenvalue weighted by molar-refractivity contribution is 6.30. The van der Waals surface area contributed by atoms with Crippen LogP contribution in [0.4, 0.5) is 11.4 Å². The van der Waals surface area contributed by atoms with Crippen molar-refractivity contribution in [3.05, 3.63) is 89.8 Å². The van der Waals surface area contributed by atoms with Crippen LogP contribution < -0.4 is 10.7 Å². The first-order valence-corrected chi connectivity index (χ1v) is 12.4. The summed E-state index contributed by atoms with van der Waals surface area (Å²) >= 11 is 6.21. The molecule has 1 aliphatic heterocycles. The average Bonchev–Trinajstić information content (AvgIpc) is 2.90. The van der Waals surface area contributed by atoms with Crippen molar-refractivity contribution in [2.75, 3.05) is 5.32 Å². The van der Waals surface area contributed by atoms with Gasteiger partial charge in [-0.05, 0) is 61.4 Å². The van der Waals surface area contributed by atoms with Crippen LogP contribution in [-0.4, -0.2) is 25.6 Å². The lowest BCUT2D eigenvalue weighted by Gasteiger charge is -2.21. The maximum Gasteiger partial charge on any atom is 0.115 e. The van der Waals surface area contributed by atoms with E-state index in [1.54, 1.807) is 12.4 Å². The van der Waals surface area contributed by atoms with Crippen molar-refractivity contribution in [2.45, 2.75) is 38.1 Å². The number of aromatic nitrogens is 4. The first kappa shape index (κ1) is 21.7. The lowest BCUT2D eigenvalue weighted by molar-refractivity contribution is 0.437. The van der Waals surface area contributed by atoms with Crippen LogP contribution in [-0.2, 0) is 0 Å². The molecule has 0 atom stereocenters. The number of halogens is 1. The number of para-hydroxylation sites is 2. The summed E-state index contributed by atoms with van der Waals surface area (Å²) in [6.45, 7) is 0. The maximum absolute atomic E-state index is 6.21. The van der Waals surface area contributed by atoms with Gasteiger partial charge in [0, 0.05) is 10.7 Å². The minimum absolute atomic E-state index is 0.325. The first-order chi connectivity index (χ1) is 17.2. The van der Waals surface area contributed by atoms with E-state index in [1.807, 2.05) is 42.5 Å². The molecule has 0 amide bonds. The van der Waals surface area contributed by atoms with Crippen molar-refractivity contribution in [3.63, 3.8) is 0 Å². The predicted molar refractivity (Wildman–Crippen MR) is 140 cm³/mol. The lowest BCUT2D eigenvalue weighted by atomic mass is 9.96. The van der Waals surface area contributed by atoms with Crippen LogP contribution in [0, 0.1) is 0 Å². The Morgan fingerprint density at radius 1 is 0.914 bits per heavy atom. The standard InChI is InChI=1S/C28H25ClN6/c29-19-10-12-22(13-11-19)35-27-9-5-4-8-23(27)34-26-14-24(33-21-16-30-18-31-17-21)25(15-28(26)35)32-20-6-2-1-3-7-20/h4-5,8-18,20,33H,1-3,6-7H2. The molecule has 2 aromatic carbocycles. The zero-order valence-corrected chi connectivity index (χ0v) is 20.0. The predicted octanol–water partition coefficient (Wildman–Crippen LogP) is 6.55. The second-order valence-corrected chi connectivity index (χ2v) is 9.38. The van der Waals surface area contributed by atoms with Gasteiger partial charge in [-0.1, -0.05) is 43.0 Å². The van der Waals surface area contributed by atoms with Gasteiger partial charge >= 0.3 is 0 Å². The molecule has 6 rings (SSSR count). The molecule has 0 radical (unpaired) electrons. The van der Waals surface area contributed by atoms with E-state index in [0.29, 0.717) is 11.1 Å². The highest BCUT2D eigenvalue weighted by Gasteiger charge is 2.18. The minimum Gasteiger partial charge on any atom is -0.351 e. The molecular weight excluding hydrogens is 456 g/mol. The van der Waals surface area contributed by atoms with Crippen LogP contribution >= 0.6 is 11.6 Å². The van der Waals surface area contributed by atoms with Crippen molar-refractivity contribution in [1.82, 2.24) is 19.5 Å². The molecule has 2 heterocycles. The van der Waals surface area contributed by atoms with Crippen LogP contribution in [0.3, 0.4) is 0 Å². The molecule has 2 aliphatic carbocycles. The van der Waals surface area contributed by atoms with Gasteiger partial charge in [0.15, 0.2) is 0 Å². The third kappa shape index (κ3) is 4.49. The molecule has 0 bridgehead atoms. The Morgan fingerprint density at radius 2 is 1.69 bits per heavy atom. The fourth-order valence-corrected chi connectivity index (χ4v) is 4.97. The summed E-state index contributed by atoms with van der Waals surface area (Å²) in [7, 11) is 0. The highest BCUT2D eigenvalue weighted by Crippen LogP contribution is 2.31. The first-order valence-electron chi connectivity index (χ1n) is 12.0. The molecule has 6 nitrogen and oxygen atoms in total. The Balaban J connectivity index is 1.62. The van der Waals surface area contributed by atoms with Crippen LogP contribution in [0.2, 0.25) is 5.02 Å². The Hall–Kier alpha value is -3.77. The third-order valence-electron chi connectivity index (χ3n) is 6.52. The molecule has 3 aliphatic rings. The number of benzene rings is 3. The lowest BCUT2D eigenvalue weighted by Crippen LogP contribution is -2.19. The third-order valence-corrected chi connectivity index (χ3v) is 6.77. The normalized spacial score (nSPS) is 15.1. The van der Waals surface area contributed by atoms with Crippen LogP contribution in [0.25, 0.3) is 28.1 Å². The molecule has 3 aromatic rings. The topological polar surface area (TPSA) is 68.0 Å². The quantitative estimate of drug-likeness (QED) is 0.296. The van der Waals surface area contributed by atoms with E-state index in [9.17, 15) is 0 Å². The van der Waals surface area contributed by atoms with Crippen molar-refractivity contribution >= 4 is 34.0 Å². The summed E-state index contributed by atoms with van der Waals surface area (Å²) < 4.78 is 2.24. The van der Waals surface area contributed by atoms with Crippen LogP contribution in [0.5, 0.6) is 0 Å². The van der Waals surface area contributed by atoms with E-state index in [-0.39, 0.29) is 0 Å². The Labute approximate surface area is 208 Å². The molecule has 1 saturated carbocycles. The molecule has 1 N–H and O–H groups in total. The molecule has 35 heavy (non-hydrogen) atoms. The van der Waals surface area contributed by atoms with Gasteiger partial charge in [-0.3, -0.25) is 4.99 Å². The molecule has 0 unspecified atom stereocenters. The van der Waals surface area contributed by atoms with E-state index in [2.05, 4.69) is 38.1 Å². The molecule has 0 saturated heterocycles. The highest BCUT2D eigenvalue weighted by atomic mass is 35.5. The number of hydrogen-bond acceptors (Lipinski definition) is 5. The molecule has 0 spiro atoms. The molecule has 7 heteroatoms. The van der Waals surface area contributed by atoms with Crippen molar-refractivity contribution in [3.8, 4) is 17.1 Å². The Bertz CT molecular complexity index is 1500. The molecular formula is C28H25ClN6. The smallest absolute Gasteiger partial charge is 0.115 e. The van der Waals surface area contributed by atoms with Gasteiger partial charge in [-0.2, -0.15) is 0 Å². The van der Waals surface area contributed by atoms with Gasteiger partial charge in [0.25, 0.3) is 0 Å². The maximum atomic E-state index is 6.21. The number of nitrogens with zero attached hydrogens (tertiary/aromatic N) is 5. The van der Waals surface area contributed by atoms with Crippen LogP contribution in [0.1, 0.15) is 32.1 Å². The van der Waals surface area contributed by atoms with Gasteiger partial charge in [-0.15, -0.1) is 0 Å². The largest absolute Gasteiger partial charge is 0.351 e. The summed E-state index contributed by atoms with van der Waals surface area (Å²) in [6.07, 6.45) is 11.1. The zero-order valence-electron chi connectivity index (χ0n) is 19.2. The monoisotopic (exact) mass is 480 g/mol. The van der Waals surface area contributed by atoms with Gasteiger partial charge in [0.05, 0.1) is 57.6 Å². The Kier molecular flexibility index (Phi) is 5.88. The number of anilines is 2. The number of nitrogens with one attached hydrogen (secondary N) is 1. The fraction of sp³-hybridized carbons (Fsp3) is 0.214. The minimum atomic E-state index is 0.325. The zero-order chi connectivity index (χ0) is 23.6. The number of rotatable bonds is 4. The average molecular weight is 481 g/mol. The van der Waals surface area contributed by atoms with E-state index in [4.69, 9.17) is 21.6 Å². The number of hydrogen-bond donors (Lipinski definition) is 1. The van der Waals surface area contributed by atoms with Gasteiger partial charge in [0.1, 0.15) is 6.33 Å². The second kappa shape index (κ2) is 9.47.